The monoisotopic (exact) mass is 281 g/mol. The van der Waals surface area contributed by atoms with E-state index >= 15 is 0 Å². The van der Waals surface area contributed by atoms with E-state index in [1.807, 2.05) is 0 Å². The summed E-state index contributed by atoms with van der Waals surface area (Å²) in [6.45, 7) is 0. The number of nitrogens with zero attached hydrogens (tertiary/aromatic N) is 2. The quantitative estimate of drug-likeness (QED) is 0.875. The lowest BCUT2D eigenvalue weighted by molar-refractivity contribution is -0.118. The molecule has 0 aliphatic carbocycles. The van der Waals surface area contributed by atoms with Gasteiger partial charge < -0.3 is 10.1 Å². The maximum atomic E-state index is 12.5. The van der Waals surface area contributed by atoms with Crippen LogP contribution in [0.3, 0.4) is 0 Å². The molecule has 5 nitrogen and oxygen atoms in total. The third-order valence-electron chi connectivity index (χ3n) is 2.07. The summed E-state index contributed by atoms with van der Waals surface area (Å²) in [5.41, 5.74) is -1.66. The molecule has 1 atom stereocenters. The Balaban J connectivity index is 2.01. The molecule has 0 aliphatic rings. The molecule has 1 amide bonds. The van der Waals surface area contributed by atoms with Gasteiger partial charge in [0.2, 0.25) is 0 Å². The number of anilines is 1. The van der Waals surface area contributed by atoms with Crippen LogP contribution < -0.4 is 10.1 Å². The SMILES string of the molecule is O=C(Nc1ccc(Oc2ncccn2)cc1)C(F)Cl. The summed E-state index contributed by atoms with van der Waals surface area (Å²) in [4.78, 5) is 18.8. The Labute approximate surface area is 113 Å². The highest BCUT2D eigenvalue weighted by molar-refractivity contribution is 6.31. The number of hydrogen-bond acceptors (Lipinski definition) is 4. The van der Waals surface area contributed by atoms with Crippen molar-refractivity contribution in [1.82, 2.24) is 9.97 Å². The maximum absolute atomic E-state index is 12.5. The van der Waals surface area contributed by atoms with Crippen molar-refractivity contribution in [3.8, 4) is 11.8 Å². The average molecular weight is 282 g/mol. The van der Waals surface area contributed by atoms with Crippen LogP contribution in [0.25, 0.3) is 0 Å². The molecule has 0 aliphatic heterocycles. The van der Waals surface area contributed by atoms with E-state index in [9.17, 15) is 9.18 Å². The number of rotatable bonds is 4. The Morgan fingerprint density at radius 2 is 1.89 bits per heavy atom. The lowest BCUT2D eigenvalue weighted by Gasteiger charge is -2.06. The molecule has 0 saturated heterocycles. The standard InChI is InChI=1S/C12H9ClFN3O2/c13-10(14)11(18)17-8-2-4-9(5-3-8)19-12-15-6-1-7-16-12/h1-7,10H,(H,17,18). The first-order chi connectivity index (χ1) is 9.15. The van der Waals surface area contributed by atoms with E-state index in [1.54, 1.807) is 42.7 Å². The Hall–Kier alpha value is -2.21. The van der Waals surface area contributed by atoms with Gasteiger partial charge in [-0.05, 0) is 30.3 Å². The number of halogens is 2. The van der Waals surface area contributed by atoms with Crippen LogP contribution in [0.15, 0.2) is 42.7 Å². The van der Waals surface area contributed by atoms with Gasteiger partial charge in [0.1, 0.15) is 5.75 Å². The second-order valence-electron chi connectivity index (χ2n) is 3.45. The van der Waals surface area contributed by atoms with Crippen LogP contribution in [0.2, 0.25) is 0 Å². The number of ether oxygens (including phenoxy) is 1. The second-order valence-corrected chi connectivity index (χ2v) is 3.83. The zero-order chi connectivity index (χ0) is 13.7. The molecule has 1 heterocycles. The minimum atomic E-state index is -2.08. The van der Waals surface area contributed by atoms with Gasteiger partial charge in [0, 0.05) is 18.1 Å². The van der Waals surface area contributed by atoms with Crippen LogP contribution in [0.1, 0.15) is 0 Å². The molecule has 1 aromatic heterocycles. The second kappa shape index (κ2) is 6.10. The van der Waals surface area contributed by atoms with Gasteiger partial charge in [0.25, 0.3) is 11.5 Å². The van der Waals surface area contributed by atoms with Crippen LogP contribution in [0, 0.1) is 0 Å². The summed E-state index contributed by atoms with van der Waals surface area (Å²) in [6.07, 6.45) is 3.11. The summed E-state index contributed by atoms with van der Waals surface area (Å²) in [7, 11) is 0. The molecule has 1 N–H and O–H groups in total. The van der Waals surface area contributed by atoms with E-state index in [1.165, 1.54) is 0 Å². The zero-order valence-corrected chi connectivity index (χ0v) is 10.3. The maximum Gasteiger partial charge on any atom is 0.321 e. The highest BCUT2D eigenvalue weighted by Crippen LogP contribution is 2.20. The van der Waals surface area contributed by atoms with Crippen molar-refractivity contribution in [1.29, 1.82) is 0 Å². The van der Waals surface area contributed by atoms with E-state index in [0.29, 0.717) is 11.4 Å². The minimum Gasteiger partial charge on any atom is -0.424 e. The lowest BCUT2D eigenvalue weighted by atomic mass is 10.3. The molecule has 0 fully saturated rings. The van der Waals surface area contributed by atoms with Gasteiger partial charge in [-0.1, -0.05) is 11.6 Å². The average Bonchev–Trinajstić information content (AvgIpc) is 2.42. The van der Waals surface area contributed by atoms with Crippen LogP contribution in [0.5, 0.6) is 11.8 Å². The molecular weight excluding hydrogens is 273 g/mol. The van der Waals surface area contributed by atoms with Crippen LogP contribution in [-0.2, 0) is 4.79 Å². The van der Waals surface area contributed by atoms with Crippen LogP contribution >= 0.6 is 11.6 Å². The number of nitrogens with one attached hydrogen (secondary N) is 1. The van der Waals surface area contributed by atoms with Gasteiger partial charge >= 0.3 is 6.01 Å². The van der Waals surface area contributed by atoms with Crippen LogP contribution in [-0.4, -0.2) is 21.5 Å². The summed E-state index contributed by atoms with van der Waals surface area (Å²) in [5, 5.41) is 2.30. The van der Waals surface area contributed by atoms with Crippen molar-refractivity contribution in [2.24, 2.45) is 0 Å². The van der Waals surface area contributed by atoms with Crippen LogP contribution in [0.4, 0.5) is 10.1 Å². The molecule has 98 valence electrons. The third-order valence-corrected chi connectivity index (χ3v) is 2.27. The van der Waals surface area contributed by atoms with Crippen molar-refractivity contribution in [3.63, 3.8) is 0 Å². The normalized spacial score (nSPS) is 11.7. The van der Waals surface area contributed by atoms with Crippen molar-refractivity contribution in [3.05, 3.63) is 42.7 Å². The number of amides is 1. The molecule has 1 aromatic carbocycles. The molecule has 0 bridgehead atoms. The van der Waals surface area contributed by atoms with E-state index in [4.69, 9.17) is 16.3 Å². The van der Waals surface area contributed by atoms with E-state index in [0.717, 1.165) is 0 Å². The summed E-state index contributed by atoms with van der Waals surface area (Å²) >= 11 is 5.00. The van der Waals surface area contributed by atoms with E-state index in [-0.39, 0.29) is 6.01 Å². The first kappa shape index (κ1) is 13.2. The summed E-state index contributed by atoms with van der Waals surface area (Å²) in [5.74, 6) is -0.423. The fraction of sp³-hybridized carbons (Fsp3) is 0.0833. The molecule has 7 heteroatoms. The van der Waals surface area contributed by atoms with Crippen molar-refractivity contribution < 1.29 is 13.9 Å². The Kier molecular flexibility index (Phi) is 4.25. The molecule has 0 radical (unpaired) electrons. The Morgan fingerprint density at radius 3 is 2.47 bits per heavy atom. The first-order valence-corrected chi connectivity index (χ1v) is 5.73. The minimum absolute atomic E-state index is 0.212. The van der Waals surface area contributed by atoms with Crippen molar-refractivity contribution in [2.45, 2.75) is 5.63 Å². The highest BCUT2D eigenvalue weighted by atomic mass is 35.5. The third kappa shape index (κ3) is 3.89. The molecule has 2 rings (SSSR count). The zero-order valence-electron chi connectivity index (χ0n) is 9.59. The highest BCUT2D eigenvalue weighted by Gasteiger charge is 2.12. The topological polar surface area (TPSA) is 64.1 Å². The molecule has 0 saturated carbocycles. The molecule has 1 unspecified atom stereocenters. The number of carbonyl (C=O) groups is 1. The Morgan fingerprint density at radius 1 is 1.26 bits per heavy atom. The number of hydrogen-bond donors (Lipinski definition) is 1. The number of benzene rings is 1. The fourth-order valence-corrected chi connectivity index (χ4v) is 1.30. The fourth-order valence-electron chi connectivity index (χ4n) is 1.25. The largest absolute Gasteiger partial charge is 0.424 e. The van der Waals surface area contributed by atoms with Gasteiger partial charge in [-0.2, -0.15) is 0 Å². The van der Waals surface area contributed by atoms with Gasteiger partial charge in [-0.25, -0.2) is 14.4 Å². The van der Waals surface area contributed by atoms with Gasteiger partial charge in [-0.15, -0.1) is 0 Å². The summed E-state index contributed by atoms with van der Waals surface area (Å²) < 4.78 is 17.8. The smallest absolute Gasteiger partial charge is 0.321 e. The van der Waals surface area contributed by atoms with E-state index in [2.05, 4.69) is 15.3 Å². The Bertz CT molecular complexity index is 549. The first-order valence-electron chi connectivity index (χ1n) is 5.29. The lowest BCUT2D eigenvalue weighted by Crippen LogP contribution is -2.19. The predicted octanol–water partition coefficient (Wildman–Crippen LogP) is 2.74. The van der Waals surface area contributed by atoms with E-state index < -0.39 is 11.5 Å². The number of alkyl halides is 2. The number of carbonyl (C=O) groups excluding carboxylic acids is 1. The van der Waals surface area contributed by atoms with Gasteiger partial charge in [-0.3, -0.25) is 4.79 Å². The summed E-state index contributed by atoms with van der Waals surface area (Å²) in [6, 6.07) is 8.17. The van der Waals surface area contributed by atoms with Gasteiger partial charge in [0.05, 0.1) is 0 Å². The molecule has 19 heavy (non-hydrogen) atoms. The molecular formula is C12H9ClFN3O2. The predicted molar refractivity (Wildman–Crippen MR) is 67.9 cm³/mol. The molecule has 2 aromatic rings. The van der Waals surface area contributed by atoms with Gasteiger partial charge in [0.15, 0.2) is 0 Å². The molecule has 0 spiro atoms. The van der Waals surface area contributed by atoms with Crippen molar-refractivity contribution in [2.75, 3.05) is 5.32 Å². The van der Waals surface area contributed by atoms with Crippen molar-refractivity contribution >= 4 is 23.2 Å². The number of aromatic nitrogens is 2.